The Morgan fingerprint density at radius 3 is 1.04 bits per heavy atom. The van der Waals surface area contributed by atoms with Crippen LogP contribution in [0.4, 0.5) is 0 Å². The van der Waals surface area contributed by atoms with Crippen molar-refractivity contribution >= 4 is 40.5 Å². The van der Waals surface area contributed by atoms with E-state index in [2.05, 4.69) is 16.7 Å². The molecule has 156 valence electrons. The van der Waals surface area contributed by atoms with Crippen LogP contribution in [0.2, 0.25) is 0 Å². The molecule has 0 amide bonds. The normalized spacial score (nSPS) is 16.6. The minimum Gasteiger partial charge on any atom is -0.267 e. The molecule has 2 atom stereocenters. The molecule has 26 heavy (non-hydrogen) atoms. The predicted octanol–water partition coefficient (Wildman–Crippen LogP) is -1.82. The van der Waals surface area contributed by atoms with Gasteiger partial charge in [-0.1, -0.05) is 12.2 Å². The fraction of sp³-hybridized carbons (Fsp3) is 0.800. The number of hydrogen-bond donors (Lipinski definition) is 0. The summed E-state index contributed by atoms with van der Waals surface area (Å²) in [6.45, 7) is -1.47. The first kappa shape index (κ1) is 25.4. The summed E-state index contributed by atoms with van der Waals surface area (Å²) in [5, 5.41) is 0. The van der Waals surface area contributed by atoms with Crippen molar-refractivity contribution in [1.82, 2.24) is 0 Å². The van der Waals surface area contributed by atoms with E-state index in [4.69, 9.17) is 0 Å². The molecule has 0 aromatic carbocycles. The van der Waals surface area contributed by atoms with E-state index in [1.807, 2.05) is 0 Å². The molecule has 0 unspecified atom stereocenters. The second-order valence-electron chi connectivity index (χ2n) is 5.04. The van der Waals surface area contributed by atoms with E-state index in [-0.39, 0.29) is 0 Å². The predicted molar refractivity (Wildman–Crippen MR) is 90.2 cm³/mol. The standard InChI is InChI=1S/C10H20O12S4/c1-23(11,12)19-7-9(21-25(3,15)16)5-6-10(22-26(4,17)18)8-20-24(2,13)14/h5-6,9-10H,7-8H2,1-4H3/b6-5+/t9-,10-/m0/s1. The molecule has 0 aliphatic rings. The van der Waals surface area contributed by atoms with Gasteiger partial charge in [0.25, 0.3) is 40.5 Å². The van der Waals surface area contributed by atoms with Crippen LogP contribution in [-0.4, -0.2) is 84.1 Å². The highest BCUT2D eigenvalue weighted by Crippen LogP contribution is 2.08. The summed E-state index contributed by atoms with van der Waals surface area (Å²) >= 11 is 0. The van der Waals surface area contributed by atoms with Crippen LogP contribution < -0.4 is 0 Å². The second kappa shape index (κ2) is 9.54. The molecular formula is C10H20O12S4. The Hall–Kier alpha value is -0.620. The number of hydrogen-bond acceptors (Lipinski definition) is 12. The molecule has 0 radical (unpaired) electrons. The lowest BCUT2D eigenvalue weighted by Gasteiger charge is -2.15. The Morgan fingerprint density at radius 2 is 0.846 bits per heavy atom. The maximum absolute atomic E-state index is 11.2. The van der Waals surface area contributed by atoms with E-state index < -0.39 is 65.9 Å². The summed E-state index contributed by atoms with van der Waals surface area (Å²) in [5.41, 5.74) is 0. The molecular weight excluding hydrogens is 440 g/mol. The van der Waals surface area contributed by atoms with Gasteiger partial charge in [0.15, 0.2) is 0 Å². The van der Waals surface area contributed by atoms with Crippen molar-refractivity contribution in [1.29, 1.82) is 0 Å². The summed E-state index contributed by atoms with van der Waals surface area (Å²) in [5.74, 6) is 0. The van der Waals surface area contributed by atoms with Gasteiger partial charge in [-0.05, 0) is 0 Å². The van der Waals surface area contributed by atoms with Crippen LogP contribution in [0.3, 0.4) is 0 Å². The Balaban J connectivity index is 5.39. The van der Waals surface area contributed by atoms with Crippen molar-refractivity contribution < 1.29 is 50.4 Å². The Morgan fingerprint density at radius 1 is 0.577 bits per heavy atom. The molecule has 0 saturated carbocycles. The van der Waals surface area contributed by atoms with Crippen molar-refractivity contribution in [2.24, 2.45) is 0 Å². The SMILES string of the molecule is CS(=O)(=O)OC[C@H](/C=C/[C@@H](COS(C)(=O)=O)OS(C)(=O)=O)OS(C)(=O)=O. The zero-order valence-electron chi connectivity index (χ0n) is 14.3. The van der Waals surface area contributed by atoms with Crippen LogP contribution in [0.1, 0.15) is 0 Å². The van der Waals surface area contributed by atoms with E-state index >= 15 is 0 Å². The third-order valence-corrected chi connectivity index (χ3v) is 4.35. The smallest absolute Gasteiger partial charge is 0.265 e. The molecule has 0 spiro atoms. The molecule has 0 aromatic rings. The van der Waals surface area contributed by atoms with Gasteiger partial charge in [0.2, 0.25) is 0 Å². The summed E-state index contributed by atoms with van der Waals surface area (Å²) < 4.78 is 107. The highest BCUT2D eigenvalue weighted by Gasteiger charge is 2.19. The van der Waals surface area contributed by atoms with Crippen LogP contribution in [-0.2, 0) is 57.2 Å². The topological polar surface area (TPSA) is 173 Å². The Bertz CT molecular complexity index is 819. The fourth-order valence-corrected chi connectivity index (χ4v) is 3.21. The third kappa shape index (κ3) is 16.8. The average molecular weight is 461 g/mol. The molecule has 0 rings (SSSR count). The van der Waals surface area contributed by atoms with Gasteiger partial charge in [-0.3, -0.25) is 16.7 Å². The van der Waals surface area contributed by atoms with E-state index in [9.17, 15) is 33.7 Å². The van der Waals surface area contributed by atoms with Crippen LogP contribution in [0.25, 0.3) is 0 Å². The van der Waals surface area contributed by atoms with Crippen molar-refractivity contribution in [2.75, 3.05) is 38.2 Å². The average Bonchev–Trinajstić information content (AvgIpc) is 2.33. The van der Waals surface area contributed by atoms with Crippen LogP contribution in [0.15, 0.2) is 12.2 Å². The highest BCUT2D eigenvalue weighted by molar-refractivity contribution is 7.86. The molecule has 12 nitrogen and oxygen atoms in total. The molecule has 0 N–H and O–H groups in total. The lowest BCUT2D eigenvalue weighted by molar-refractivity contribution is 0.163. The van der Waals surface area contributed by atoms with Gasteiger partial charge in [-0.2, -0.15) is 33.7 Å². The van der Waals surface area contributed by atoms with Gasteiger partial charge in [0.05, 0.1) is 38.2 Å². The minimum absolute atomic E-state index is 0.700. The Kier molecular flexibility index (Phi) is 9.31. The van der Waals surface area contributed by atoms with Gasteiger partial charge >= 0.3 is 0 Å². The van der Waals surface area contributed by atoms with Crippen LogP contribution >= 0.6 is 0 Å². The summed E-state index contributed by atoms with van der Waals surface area (Å²) in [4.78, 5) is 0. The van der Waals surface area contributed by atoms with Gasteiger partial charge in [0.1, 0.15) is 12.2 Å². The molecule has 0 fully saturated rings. The first-order valence-electron chi connectivity index (χ1n) is 6.50. The fourth-order valence-electron chi connectivity index (χ4n) is 1.31. The maximum atomic E-state index is 11.2. The zero-order chi connectivity index (χ0) is 20.8. The molecule has 0 aromatic heterocycles. The monoisotopic (exact) mass is 460 g/mol. The summed E-state index contributed by atoms with van der Waals surface area (Å²) in [6.07, 6.45) is 1.82. The lowest BCUT2D eigenvalue weighted by Crippen LogP contribution is -2.26. The van der Waals surface area contributed by atoms with Crippen molar-refractivity contribution in [3.63, 3.8) is 0 Å². The zero-order valence-corrected chi connectivity index (χ0v) is 17.5. The minimum atomic E-state index is -4.02. The van der Waals surface area contributed by atoms with Gasteiger partial charge < -0.3 is 0 Å². The van der Waals surface area contributed by atoms with E-state index in [1.165, 1.54) is 0 Å². The largest absolute Gasteiger partial charge is 0.267 e. The van der Waals surface area contributed by atoms with Crippen LogP contribution in [0, 0.1) is 0 Å². The van der Waals surface area contributed by atoms with E-state index in [0.29, 0.717) is 12.5 Å². The summed E-state index contributed by atoms with van der Waals surface area (Å²) in [7, 11) is -15.9. The molecule has 0 aliphatic heterocycles. The van der Waals surface area contributed by atoms with Crippen LogP contribution in [0.5, 0.6) is 0 Å². The van der Waals surface area contributed by atoms with E-state index in [0.717, 1.165) is 24.7 Å². The molecule has 16 heteroatoms. The number of rotatable bonds is 12. The van der Waals surface area contributed by atoms with Gasteiger partial charge in [-0.15, -0.1) is 0 Å². The summed E-state index contributed by atoms with van der Waals surface area (Å²) in [6, 6.07) is 0. The third-order valence-electron chi connectivity index (χ3n) is 2.03. The van der Waals surface area contributed by atoms with Gasteiger partial charge in [0, 0.05) is 0 Å². The van der Waals surface area contributed by atoms with Crippen molar-refractivity contribution in [2.45, 2.75) is 12.2 Å². The Labute approximate surface area is 153 Å². The molecule has 0 saturated heterocycles. The maximum Gasteiger partial charge on any atom is 0.265 e. The van der Waals surface area contributed by atoms with E-state index in [1.54, 1.807) is 0 Å². The quantitative estimate of drug-likeness (QED) is 0.236. The first-order chi connectivity index (χ1) is 11.4. The molecule has 0 bridgehead atoms. The lowest BCUT2D eigenvalue weighted by atomic mass is 10.3. The van der Waals surface area contributed by atoms with Crippen molar-refractivity contribution in [3.05, 3.63) is 12.2 Å². The second-order valence-corrected chi connectivity index (χ2v) is 11.5. The van der Waals surface area contributed by atoms with Crippen molar-refractivity contribution in [3.8, 4) is 0 Å². The first-order valence-corrected chi connectivity index (χ1v) is 13.8. The molecule has 0 heterocycles. The van der Waals surface area contributed by atoms with Gasteiger partial charge in [-0.25, -0.2) is 0 Å². The molecule has 0 aliphatic carbocycles. The highest BCUT2D eigenvalue weighted by atomic mass is 32.2.